The minimum Gasteiger partial charge on any atom is -0.388 e. The SMILES string of the molecule is C=C(CC)NCCN1CCCC1. The molecule has 12 heavy (non-hydrogen) atoms. The van der Waals surface area contributed by atoms with Gasteiger partial charge in [-0.2, -0.15) is 0 Å². The topological polar surface area (TPSA) is 15.3 Å². The molecule has 0 aromatic heterocycles. The number of rotatable bonds is 5. The average molecular weight is 168 g/mol. The summed E-state index contributed by atoms with van der Waals surface area (Å²) in [5, 5.41) is 3.32. The quantitative estimate of drug-likeness (QED) is 0.670. The van der Waals surface area contributed by atoms with Gasteiger partial charge in [-0.3, -0.25) is 0 Å². The van der Waals surface area contributed by atoms with Crippen molar-refractivity contribution in [3.8, 4) is 0 Å². The zero-order chi connectivity index (χ0) is 8.81. The average Bonchev–Trinajstić information content (AvgIpc) is 2.57. The van der Waals surface area contributed by atoms with Crippen molar-refractivity contribution in [2.75, 3.05) is 26.2 Å². The number of hydrogen-bond acceptors (Lipinski definition) is 2. The summed E-state index contributed by atoms with van der Waals surface area (Å²) >= 11 is 0. The summed E-state index contributed by atoms with van der Waals surface area (Å²) in [6.07, 6.45) is 3.81. The summed E-state index contributed by atoms with van der Waals surface area (Å²) in [4.78, 5) is 2.51. The molecule has 1 rings (SSSR count). The van der Waals surface area contributed by atoms with Crippen LogP contribution in [0.25, 0.3) is 0 Å². The molecule has 0 radical (unpaired) electrons. The van der Waals surface area contributed by atoms with E-state index < -0.39 is 0 Å². The van der Waals surface area contributed by atoms with Crippen LogP contribution in [0.5, 0.6) is 0 Å². The van der Waals surface area contributed by atoms with Gasteiger partial charge in [-0.1, -0.05) is 13.5 Å². The summed E-state index contributed by atoms with van der Waals surface area (Å²) in [6, 6.07) is 0. The van der Waals surface area contributed by atoms with Gasteiger partial charge < -0.3 is 10.2 Å². The summed E-state index contributed by atoms with van der Waals surface area (Å²) in [5.41, 5.74) is 1.16. The number of likely N-dealkylation sites (tertiary alicyclic amines) is 1. The second kappa shape index (κ2) is 5.20. The van der Waals surface area contributed by atoms with Crippen LogP contribution in [-0.2, 0) is 0 Å². The summed E-state index contributed by atoms with van der Waals surface area (Å²) in [6.45, 7) is 10.9. The van der Waals surface area contributed by atoms with E-state index in [9.17, 15) is 0 Å². The fourth-order valence-corrected chi connectivity index (χ4v) is 1.52. The zero-order valence-electron chi connectivity index (χ0n) is 8.10. The van der Waals surface area contributed by atoms with Gasteiger partial charge in [-0.25, -0.2) is 0 Å². The molecule has 1 fully saturated rings. The Labute approximate surface area is 75.6 Å². The molecule has 1 N–H and O–H groups in total. The van der Waals surface area contributed by atoms with Crippen LogP contribution in [0, 0.1) is 0 Å². The Morgan fingerprint density at radius 1 is 1.42 bits per heavy atom. The van der Waals surface area contributed by atoms with E-state index in [1.807, 2.05) is 0 Å². The molecule has 0 aliphatic carbocycles. The molecule has 0 unspecified atom stereocenters. The second-order valence-corrected chi connectivity index (χ2v) is 3.43. The second-order valence-electron chi connectivity index (χ2n) is 3.43. The van der Waals surface area contributed by atoms with Crippen molar-refractivity contribution in [3.05, 3.63) is 12.3 Å². The van der Waals surface area contributed by atoms with E-state index in [4.69, 9.17) is 0 Å². The number of nitrogens with zero attached hydrogens (tertiary/aromatic N) is 1. The maximum atomic E-state index is 3.91. The number of nitrogens with one attached hydrogen (secondary N) is 1. The summed E-state index contributed by atoms with van der Waals surface area (Å²) in [7, 11) is 0. The number of hydrogen-bond donors (Lipinski definition) is 1. The van der Waals surface area contributed by atoms with Gasteiger partial charge in [0.25, 0.3) is 0 Å². The van der Waals surface area contributed by atoms with Gasteiger partial charge in [0, 0.05) is 18.8 Å². The molecule has 0 spiro atoms. The monoisotopic (exact) mass is 168 g/mol. The lowest BCUT2D eigenvalue weighted by atomic mass is 10.4. The smallest absolute Gasteiger partial charge is 0.0271 e. The first-order valence-corrected chi connectivity index (χ1v) is 4.97. The molecule has 0 aromatic rings. The van der Waals surface area contributed by atoms with Gasteiger partial charge in [0.05, 0.1) is 0 Å². The highest BCUT2D eigenvalue weighted by atomic mass is 15.1. The highest BCUT2D eigenvalue weighted by molar-refractivity contribution is 4.89. The Hall–Kier alpha value is -0.500. The van der Waals surface area contributed by atoms with E-state index >= 15 is 0 Å². The van der Waals surface area contributed by atoms with Crippen molar-refractivity contribution >= 4 is 0 Å². The molecular formula is C10H20N2. The first kappa shape index (κ1) is 9.59. The molecule has 1 heterocycles. The molecule has 0 amide bonds. The van der Waals surface area contributed by atoms with Gasteiger partial charge in [0.15, 0.2) is 0 Å². The molecule has 0 atom stereocenters. The van der Waals surface area contributed by atoms with Crippen LogP contribution >= 0.6 is 0 Å². The van der Waals surface area contributed by atoms with Crippen LogP contribution in [0.15, 0.2) is 12.3 Å². The third-order valence-electron chi connectivity index (χ3n) is 2.43. The lowest BCUT2D eigenvalue weighted by Gasteiger charge is -2.15. The van der Waals surface area contributed by atoms with Gasteiger partial charge in [-0.15, -0.1) is 0 Å². The van der Waals surface area contributed by atoms with Crippen molar-refractivity contribution in [2.24, 2.45) is 0 Å². The molecule has 2 nitrogen and oxygen atoms in total. The maximum Gasteiger partial charge on any atom is 0.0271 e. The van der Waals surface area contributed by atoms with E-state index in [0.29, 0.717) is 0 Å². The Kier molecular flexibility index (Phi) is 4.15. The Morgan fingerprint density at radius 3 is 2.67 bits per heavy atom. The lowest BCUT2D eigenvalue weighted by molar-refractivity contribution is 0.340. The van der Waals surface area contributed by atoms with E-state index in [2.05, 4.69) is 23.7 Å². The fraction of sp³-hybridized carbons (Fsp3) is 0.800. The zero-order valence-corrected chi connectivity index (χ0v) is 8.10. The van der Waals surface area contributed by atoms with Crippen molar-refractivity contribution in [3.63, 3.8) is 0 Å². The van der Waals surface area contributed by atoms with E-state index in [-0.39, 0.29) is 0 Å². The van der Waals surface area contributed by atoms with Crippen LogP contribution in [0.4, 0.5) is 0 Å². The standard InChI is InChI=1S/C10H20N2/c1-3-10(2)11-6-9-12-7-4-5-8-12/h11H,2-9H2,1H3. The van der Waals surface area contributed by atoms with Crippen LogP contribution in [0.1, 0.15) is 26.2 Å². The van der Waals surface area contributed by atoms with Crippen molar-refractivity contribution in [1.29, 1.82) is 0 Å². The molecule has 1 aliphatic heterocycles. The maximum absolute atomic E-state index is 3.91. The van der Waals surface area contributed by atoms with Crippen LogP contribution in [-0.4, -0.2) is 31.1 Å². The predicted octanol–water partition coefficient (Wildman–Crippen LogP) is 1.60. The van der Waals surface area contributed by atoms with Crippen molar-refractivity contribution in [1.82, 2.24) is 10.2 Å². The summed E-state index contributed by atoms with van der Waals surface area (Å²) < 4.78 is 0. The minimum atomic E-state index is 1.04. The molecule has 0 bridgehead atoms. The first-order chi connectivity index (χ1) is 5.83. The van der Waals surface area contributed by atoms with Gasteiger partial charge in [0.1, 0.15) is 0 Å². The molecule has 2 heteroatoms. The van der Waals surface area contributed by atoms with Gasteiger partial charge in [0.2, 0.25) is 0 Å². The van der Waals surface area contributed by atoms with Crippen LogP contribution in [0.2, 0.25) is 0 Å². The number of allylic oxidation sites excluding steroid dienone is 1. The van der Waals surface area contributed by atoms with E-state index in [1.54, 1.807) is 0 Å². The highest BCUT2D eigenvalue weighted by Gasteiger charge is 2.09. The predicted molar refractivity (Wildman–Crippen MR) is 53.1 cm³/mol. The van der Waals surface area contributed by atoms with Gasteiger partial charge >= 0.3 is 0 Å². The third kappa shape index (κ3) is 3.26. The lowest BCUT2D eigenvalue weighted by Crippen LogP contribution is -2.29. The van der Waals surface area contributed by atoms with Gasteiger partial charge in [-0.05, 0) is 32.4 Å². The van der Waals surface area contributed by atoms with Crippen LogP contribution in [0.3, 0.4) is 0 Å². The Bertz CT molecular complexity index is 137. The van der Waals surface area contributed by atoms with Crippen molar-refractivity contribution in [2.45, 2.75) is 26.2 Å². The molecule has 1 aliphatic rings. The molecule has 0 saturated carbocycles. The van der Waals surface area contributed by atoms with E-state index in [0.717, 1.165) is 18.7 Å². The normalized spacial score (nSPS) is 18.1. The van der Waals surface area contributed by atoms with Crippen molar-refractivity contribution < 1.29 is 0 Å². The minimum absolute atomic E-state index is 1.04. The third-order valence-corrected chi connectivity index (χ3v) is 2.43. The molecule has 70 valence electrons. The Morgan fingerprint density at radius 2 is 2.08 bits per heavy atom. The largest absolute Gasteiger partial charge is 0.388 e. The fourth-order valence-electron chi connectivity index (χ4n) is 1.52. The molecular weight excluding hydrogens is 148 g/mol. The molecule has 1 saturated heterocycles. The van der Waals surface area contributed by atoms with E-state index in [1.165, 1.54) is 32.5 Å². The van der Waals surface area contributed by atoms with Crippen LogP contribution < -0.4 is 5.32 Å². The summed E-state index contributed by atoms with van der Waals surface area (Å²) in [5.74, 6) is 0. The highest BCUT2D eigenvalue weighted by Crippen LogP contribution is 2.05. The first-order valence-electron chi connectivity index (χ1n) is 4.97. The molecule has 0 aromatic carbocycles. The Balaban J connectivity index is 1.97.